The van der Waals surface area contributed by atoms with Crippen LogP contribution in [-0.2, 0) is 15.8 Å². The molecular formula is C21H16BrF3N2O3S2. The first-order chi connectivity index (χ1) is 15.0. The van der Waals surface area contributed by atoms with Gasteiger partial charge in [-0.05, 0) is 48.9 Å². The van der Waals surface area contributed by atoms with Gasteiger partial charge in [-0.1, -0.05) is 46.0 Å². The molecule has 0 aliphatic carbocycles. The Kier molecular flexibility index (Phi) is 7.63. The van der Waals surface area contributed by atoms with E-state index in [1.807, 2.05) is 0 Å². The lowest BCUT2D eigenvalue weighted by Gasteiger charge is -2.14. The van der Waals surface area contributed by atoms with Gasteiger partial charge in [0.2, 0.25) is 5.91 Å². The molecule has 11 heteroatoms. The fourth-order valence-corrected chi connectivity index (χ4v) is 4.55. The van der Waals surface area contributed by atoms with Crippen molar-refractivity contribution in [2.24, 2.45) is 0 Å². The minimum absolute atomic E-state index is 0.00122. The summed E-state index contributed by atoms with van der Waals surface area (Å²) < 4.78 is 39.4. The van der Waals surface area contributed by atoms with Crippen LogP contribution in [0.3, 0.4) is 0 Å². The zero-order valence-electron chi connectivity index (χ0n) is 16.3. The van der Waals surface area contributed by atoms with Gasteiger partial charge >= 0.3 is 6.18 Å². The number of phenolic OH excluding ortho intramolecular Hbond substituents is 1. The summed E-state index contributed by atoms with van der Waals surface area (Å²) in [5.41, 5.74) is -0.344. The molecule has 0 radical (unpaired) electrons. The Bertz CT molecular complexity index is 1110. The number of nitrogens with zero attached hydrogens (tertiary/aromatic N) is 1. The van der Waals surface area contributed by atoms with Gasteiger partial charge in [-0.3, -0.25) is 14.5 Å². The first kappa shape index (κ1) is 24.3. The van der Waals surface area contributed by atoms with Gasteiger partial charge in [0.05, 0.1) is 10.5 Å². The van der Waals surface area contributed by atoms with E-state index in [9.17, 15) is 27.9 Å². The summed E-state index contributed by atoms with van der Waals surface area (Å²) in [5.74, 6) is -0.785. The van der Waals surface area contributed by atoms with Gasteiger partial charge in [0, 0.05) is 28.7 Å². The molecular weight excluding hydrogens is 529 g/mol. The maximum atomic E-state index is 12.8. The standard InChI is InChI=1S/C21H16BrF3N2O3S2/c22-14-6-7-16(28)12(9-14)10-17-19(30)27(20(31)32-17)8-2-5-18(29)26-15-4-1-3-13(11-15)21(23,24)25/h1,3-4,6-7,9-11,28H,2,5,8H2,(H,26,29)/b17-10-. The molecule has 0 atom stereocenters. The number of phenols is 1. The third-order valence-corrected chi connectivity index (χ3v) is 6.28. The van der Waals surface area contributed by atoms with Crippen LogP contribution in [0.25, 0.3) is 6.08 Å². The predicted octanol–water partition coefficient (Wildman–Crippen LogP) is 5.79. The number of alkyl halides is 3. The molecule has 168 valence electrons. The summed E-state index contributed by atoms with van der Waals surface area (Å²) in [6.45, 7) is 0.183. The largest absolute Gasteiger partial charge is 0.507 e. The Morgan fingerprint density at radius 2 is 2.00 bits per heavy atom. The van der Waals surface area contributed by atoms with Gasteiger partial charge in [0.15, 0.2) is 0 Å². The number of nitrogens with one attached hydrogen (secondary N) is 1. The van der Waals surface area contributed by atoms with Crippen LogP contribution in [0, 0.1) is 0 Å². The molecule has 5 nitrogen and oxygen atoms in total. The van der Waals surface area contributed by atoms with E-state index in [0.717, 1.165) is 28.4 Å². The molecule has 1 saturated heterocycles. The number of aromatic hydroxyl groups is 1. The molecule has 1 aliphatic heterocycles. The molecule has 3 rings (SSSR count). The highest BCUT2D eigenvalue weighted by molar-refractivity contribution is 9.10. The first-order valence-electron chi connectivity index (χ1n) is 9.25. The van der Waals surface area contributed by atoms with Crippen molar-refractivity contribution in [2.75, 3.05) is 11.9 Å². The fourth-order valence-electron chi connectivity index (χ4n) is 2.87. The number of anilines is 1. The number of thioether (sulfide) groups is 1. The van der Waals surface area contributed by atoms with E-state index < -0.39 is 17.6 Å². The average molecular weight is 545 g/mol. The lowest BCUT2D eigenvalue weighted by Crippen LogP contribution is -2.29. The van der Waals surface area contributed by atoms with Crippen LogP contribution >= 0.6 is 39.9 Å². The highest BCUT2D eigenvalue weighted by Gasteiger charge is 2.32. The summed E-state index contributed by atoms with van der Waals surface area (Å²) in [6, 6.07) is 9.21. The number of thiocarbonyl (C=S) groups is 1. The number of hydrogen-bond acceptors (Lipinski definition) is 5. The molecule has 0 aromatic heterocycles. The van der Waals surface area contributed by atoms with Crippen molar-refractivity contribution < 1.29 is 27.9 Å². The van der Waals surface area contributed by atoms with Gasteiger partial charge in [-0.25, -0.2) is 0 Å². The Balaban J connectivity index is 1.56. The SMILES string of the molecule is O=C(CCCN1C(=O)/C(=C/c2cc(Br)ccc2O)SC1=S)Nc1cccc(C(F)(F)F)c1. The van der Waals surface area contributed by atoms with E-state index in [0.29, 0.717) is 14.8 Å². The summed E-state index contributed by atoms with van der Waals surface area (Å²) in [6.07, 6.45) is -2.69. The second kappa shape index (κ2) is 10.1. The van der Waals surface area contributed by atoms with E-state index in [1.54, 1.807) is 18.2 Å². The number of carbonyl (C=O) groups excluding carboxylic acids is 2. The van der Waals surface area contributed by atoms with E-state index in [1.165, 1.54) is 23.1 Å². The van der Waals surface area contributed by atoms with Gasteiger partial charge in [0.1, 0.15) is 10.1 Å². The minimum Gasteiger partial charge on any atom is -0.507 e. The van der Waals surface area contributed by atoms with Crippen molar-refractivity contribution in [1.29, 1.82) is 0 Å². The smallest absolute Gasteiger partial charge is 0.416 e. The quantitative estimate of drug-likeness (QED) is 0.355. The highest BCUT2D eigenvalue weighted by atomic mass is 79.9. The first-order valence-corrected chi connectivity index (χ1v) is 11.3. The molecule has 2 amide bonds. The Labute approximate surface area is 199 Å². The molecule has 2 aromatic rings. The molecule has 1 aliphatic rings. The zero-order valence-corrected chi connectivity index (χ0v) is 19.5. The number of amides is 2. The summed E-state index contributed by atoms with van der Waals surface area (Å²) >= 11 is 9.65. The maximum absolute atomic E-state index is 12.8. The van der Waals surface area contributed by atoms with Gasteiger partial charge in [-0.2, -0.15) is 13.2 Å². The average Bonchev–Trinajstić information content (AvgIpc) is 2.97. The van der Waals surface area contributed by atoms with Crippen molar-refractivity contribution in [3.63, 3.8) is 0 Å². The number of benzene rings is 2. The Morgan fingerprint density at radius 3 is 2.72 bits per heavy atom. The van der Waals surface area contributed by atoms with E-state index >= 15 is 0 Å². The van der Waals surface area contributed by atoms with Crippen molar-refractivity contribution in [1.82, 2.24) is 4.90 Å². The zero-order chi connectivity index (χ0) is 23.5. The van der Waals surface area contributed by atoms with Crippen LogP contribution in [0.4, 0.5) is 18.9 Å². The number of halogens is 4. The normalized spacial score (nSPS) is 15.5. The fraction of sp³-hybridized carbons (Fsp3) is 0.190. The van der Waals surface area contributed by atoms with Crippen LogP contribution in [-0.4, -0.2) is 32.7 Å². The predicted molar refractivity (Wildman–Crippen MR) is 125 cm³/mol. The molecule has 2 N–H and O–H groups in total. The molecule has 2 aromatic carbocycles. The summed E-state index contributed by atoms with van der Waals surface area (Å²) in [7, 11) is 0. The summed E-state index contributed by atoms with van der Waals surface area (Å²) in [4.78, 5) is 26.5. The van der Waals surface area contributed by atoms with Crippen LogP contribution in [0.5, 0.6) is 5.75 Å². The minimum atomic E-state index is -4.50. The molecule has 0 unspecified atom stereocenters. The molecule has 1 fully saturated rings. The monoisotopic (exact) mass is 544 g/mol. The molecule has 1 heterocycles. The second-order valence-electron chi connectivity index (χ2n) is 6.77. The topological polar surface area (TPSA) is 69.6 Å². The second-order valence-corrected chi connectivity index (χ2v) is 9.36. The van der Waals surface area contributed by atoms with Crippen molar-refractivity contribution in [2.45, 2.75) is 19.0 Å². The number of carbonyl (C=O) groups is 2. The van der Waals surface area contributed by atoms with Crippen LogP contribution < -0.4 is 5.32 Å². The van der Waals surface area contributed by atoms with Crippen LogP contribution in [0.15, 0.2) is 51.8 Å². The number of rotatable bonds is 6. The molecule has 32 heavy (non-hydrogen) atoms. The molecule has 0 saturated carbocycles. The number of hydrogen-bond donors (Lipinski definition) is 2. The van der Waals surface area contributed by atoms with Crippen molar-refractivity contribution in [3.8, 4) is 5.75 Å². The molecule has 0 bridgehead atoms. The third-order valence-electron chi connectivity index (χ3n) is 4.41. The van der Waals surface area contributed by atoms with Crippen LogP contribution in [0.2, 0.25) is 0 Å². The lowest BCUT2D eigenvalue weighted by molar-refractivity contribution is -0.137. The lowest BCUT2D eigenvalue weighted by atomic mass is 10.2. The van der Waals surface area contributed by atoms with E-state index in [4.69, 9.17) is 12.2 Å². The Morgan fingerprint density at radius 1 is 1.25 bits per heavy atom. The van der Waals surface area contributed by atoms with Gasteiger partial charge < -0.3 is 10.4 Å². The highest BCUT2D eigenvalue weighted by Crippen LogP contribution is 2.35. The van der Waals surface area contributed by atoms with Gasteiger partial charge in [-0.15, -0.1) is 0 Å². The van der Waals surface area contributed by atoms with Crippen LogP contribution in [0.1, 0.15) is 24.0 Å². The third kappa shape index (κ3) is 6.11. The van der Waals surface area contributed by atoms with Gasteiger partial charge in [0.25, 0.3) is 5.91 Å². The van der Waals surface area contributed by atoms with E-state index in [2.05, 4.69) is 21.2 Å². The van der Waals surface area contributed by atoms with Crippen molar-refractivity contribution >= 4 is 67.8 Å². The van der Waals surface area contributed by atoms with E-state index in [-0.39, 0.29) is 36.7 Å². The summed E-state index contributed by atoms with van der Waals surface area (Å²) in [5, 5.41) is 12.4. The Hall–Kier alpha value is -2.37. The molecule has 0 spiro atoms. The van der Waals surface area contributed by atoms with Crippen molar-refractivity contribution in [3.05, 3.63) is 63.0 Å². The maximum Gasteiger partial charge on any atom is 0.416 e.